The first-order valence-electron chi connectivity index (χ1n) is 7.72. The van der Waals surface area contributed by atoms with Gasteiger partial charge < -0.3 is 24.6 Å². The third kappa shape index (κ3) is 3.65. The second-order valence-corrected chi connectivity index (χ2v) is 5.73. The van der Waals surface area contributed by atoms with Crippen LogP contribution in [-0.2, 0) is 32.1 Å². The smallest absolute Gasteiger partial charge is 0.332 e. The third-order valence-corrected chi connectivity index (χ3v) is 4.03. The SMILES string of the molecule is O=C(NCCc1cc(F)cc2c1OCOC2)[C@@H]1CC[C@H](C(=O)O)O1. The summed E-state index contributed by atoms with van der Waals surface area (Å²) >= 11 is 0. The van der Waals surface area contributed by atoms with Gasteiger partial charge in [-0.15, -0.1) is 0 Å². The Morgan fingerprint density at radius 2 is 2.08 bits per heavy atom. The Kier molecular flexibility index (Phi) is 4.96. The van der Waals surface area contributed by atoms with E-state index in [4.69, 9.17) is 19.3 Å². The van der Waals surface area contributed by atoms with E-state index in [-0.39, 0.29) is 25.1 Å². The van der Waals surface area contributed by atoms with E-state index >= 15 is 0 Å². The molecule has 0 aromatic heterocycles. The summed E-state index contributed by atoms with van der Waals surface area (Å²) in [6.45, 7) is 0.681. The molecule has 0 saturated carbocycles. The van der Waals surface area contributed by atoms with Crippen molar-refractivity contribution in [1.29, 1.82) is 0 Å². The van der Waals surface area contributed by atoms with Crippen molar-refractivity contribution in [2.45, 2.75) is 38.1 Å². The second-order valence-electron chi connectivity index (χ2n) is 5.73. The maximum atomic E-state index is 13.6. The van der Waals surface area contributed by atoms with Crippen LogP contribution >= 0.6 is 0 Å². The highest BCUT2D eigenvalue weighted by Gasteiger charge is 2.34. The number of halogens is 1. The molecule has 130 valence electrons. The summed E-state index contributed by atoms with van der Waals surface area (Å²) in [6, 6.07) is 2.75. The first-order valence-corrected chi connectivity index (χ1v) is 7.72. The molecule has 1 amide bonds. The van der Waals surface area contributed by atoms with Crippen molar-refractivity contribution in [2.24, 2.45) is 0 Å². The lowest BCUT2D eigenvalue weighted by Gasteiger charge is -2.21. The van der Waals surface area contributed by atoms with E-state index in [0.717, 1.165) is 0 Å². The van der Waals surface area contributed by atoms with Crippen molar-refractivity contribution >= 4 is 11.9 Å². The molecule has 0 unspecified atom stereocenters. The van der Waals surface area contributed by atoms with E-state index in [1.165, 1.54) is 12.1 Å². The van der Waals surface area contributed by atoms with Gasteiger partial charge in [0.15, 0.2) is 12.9 Å². The van der Waals surface area contributed by atoms with Gasteiger partial charge in [-0.1, -0.05) is 0 Å². The Morgan fingerprint density at radius 3 is 2.83 bits per heavy atom. The van der Waals surface area contributed by atoms with E-state index in [1.807, 2.05) is 0 Å². The molecule has 2 heterocycles. The highest BCUT2D eigenvalue weighted by atomic mass is 19.1. The zero-order valence-corrected chi connectivity index (χ0v) is 12.9. The molecule has 1 saturated heterocycles. The number of carboxylic acid groups (broad SMARTS) is 1. The lowest BCUT2D eigenvalue weighted by atomic mass is 10.1. The molecule has 1 aromatic carbocycles. The molecule has 8 heteroatoms. The van der Waals surface area contributed by atoms with Gasteiger partial charge in [-0.25, -0.2) is 9.18 Å². The molecule has 2 aliphatic heterocycles. The molecule has 3 rings (SSSR count). The Bertz CT molecular complexity index is 650. The highest BCUT2D eigenvalue weighted by Crippen LogP contribution is 2.29. The minimum absolute atomic E-state index is 0.116. The molecule has 0 spiro atoms. The fourth-order valence-corrected chi connectivity index (χ4v) is 2.89. The third-order valence-electron chi connectivity index (χ3n) is 4.03. The standard InChI is InChI=1S/C16H18FNO6/c17-11-5-9(14-10(6-11)7-22-8-23-14)3-4-18-15(19)12-1-2-13(24-12)16(20)21/h5-6,12-13H,1-4,7-8H2,(H,18,19)(H,20,21)/t12-,13+/m0/s1. The van der Waals surface area contributed by atoms with Crippen LogP contribution in [0.3, 0.4) is 0 Å². The van der Waals surface area contributed by atoms with E-state index in [2.05, 4.69) is 5.32 Å². The van der Waals surface area contributed by atoms with E-state index in [0.29, 0.717) is 42.7 Å². The second kappa shape index (κ2) is 7.14. The minimum atomic E-state index is -1.06. The van der Waals surface area contributed by atoms with Crippen molar-refractivity contribution in [1.82, 2.24) is 5.32 Å². The fourth-order valence-electron chi connectivity index (χ4n) is 2.89. The number of amides is 1. The maximum absolute atomic E-state index is 13.6. The van der Waals surface area contributed by atoms with Crippen LogP contribution in [0.5, 0.6) is 5.75 Å². The Balaban J connectivity index is 1.54. The summed E-state index contributed by atoms with van der Waals surface area (Å²) in [6.07, 6.45) is -0.598. The fraction of sp³-hybridized carbons (Fsp3) is 0.500. The van der Waals surface area contributed by atoms with Gasteiger partial charge in [0.25, 0.3) is 0 Å². The maximum Gasteiger partial charge on any atom is 0.332 e. The Labute approximate surface area is 137 Å². The summed E-state index contributed by atoms with van der Waals surface area (Å²) in [4.78, 5) is 22.8. The van der Waals surface area contributed by atoms with Crippen LogP contribution < -0.4 is 10.1 Å². The van der Waals surface area contributed by atoms with E-state index in [9.17, 15) is 14.0 Å². The van der Waals surface area contributed by atoms with Crippen LogP contribution in [0.4, 0.5) is 4.39 Å². The van der Waals surface area contributed by atoms with Crippen molar-refractivity contribution in [3.63, 3.8) is 0 Å². The lowest BCUT2D eigenvalue weighted by Crippen LogP contribution is -2.36. The predicted molar refractivity (Wildman–Crippen MR) is 78.9 cm³/mol. The molecular formula is C16H18FNO6. The number of fused-ring (bicyclic) bond motifs is 1. The van der Waals surface area contributed by atoms with Crippen molar-refractivity contribution < 1.29 is 33.3 Å². The quantitative estimate of drug-likeness (QED) is 0.831. The van der Waals surface area contributed by atoms with Crippen LogP contribution in [0.15, 0.2) is 12.1 Å². The van der Waals surface area contributed by atoms with Crippen LogP contribution in [0.25, 0.3) is 0 Å². The molecule has 7 nitrogen and oxygen atoms in total. The largest absolute Gasteiger partial charge is 0.479 e. The van der Waals surface area contributed by atoms with Crippen LogP contribution in [0, 0.1) is 5.82 Å². The zero-order valence-electron chi connectivity index (χ0n) is 12.9. The summed E-state index contributed by atoms with van der Waals surface area (Å²) in [5.74, 6) is -1.20. The van der Waals surface area contributed by atoms with E-state index < -0.39 is 18.2 Å². The number of carbonyl (C=O) groups excluding carboxylic acids is 1. The van der Waals surface area contributed by atoms with Gasteiger partial charge in [0.05, 0.1) is 6.61 Å². The molecule has 2 aliphatic rings. The van der Waals surface area contributed by atoms with Gasteiger partial charge >= 0.3 is 5.97 Å². The summed E-state index contributed by atoms with van der Waals surface area (Å²) in [7, 11) is 0. The first-order chi connectivity index (χ1) is 11.5. The number of benzene rings is 1. The number of hydrogen-bond acceptors (Lipinski definition) is 5. The number of carboxylic acids is 1. The average Bonchev–Trinajstić information content (AvgIpc) is 3.05. The Morgan fingerprint density at radius 1 is 1.29 bits per heavy atom. The number of hydrogen-bond donors (Lipinski definition) is 2. The Hall–Kier alpha value is -2.19. The normalized spacial score (nSPS) is 22.5. The van der Waals surface area contributed by atoms with Crippen molar-refractivity contribution in [2.75, 3.05) is 13.3 Å². The number of rotatable bonds is 5. The molecule has 2 atom stereocenters. The number of carbonyl (C=O) groups is 2. The summed E-state index contributed by atoms with van der Waals surface area (Å²) in [5, 5.41) is 11.6. The zero-order chi connectivity index (χ0) is 17.1. The van der Waals surface area contributed by atoms with Gasteiger partial charge in [-0.3, -0.25) is 4.79 Å². The van der Waals surface area contributed by atoms with Gasteiger partial charge in [-0.2, -0.15) is 0 Å². The van der Waals surface area contributed by atoms with Gasteiger partial charge in [0.2, 0.25) is 5.91 Å². The number of ether oxygens (including phenoxy) is 3. The summed E-state index contributed by atoms with van der Waals surface area (Å²) in [5.41, 5.74) is 1.30. The van der Waals surface area contributed by atoms with Gasteiger partial charge in [0, 0.05) is 12.1 Å². The molecule has 1 fully saturated rings. The molecule has 0 aliphatic carbocycles. The molecule has 2 N–H and O–H groups in total. The van der Waals surface area contributed by atoms with Crippen molar-refractivity contribution in [3.05, 3.63) is 29.1 Å². The van der Waals surface area contributed by atoms with Crippen LogP contribution in [0.2, 0.25) is 0 Å². The number of aliphatic carboxylic acids is 1. The molecule has 1 aromatic rings. The first kappa shape index (κ1) is 16.7. The van der Waals surface area contributed by atoms with Gasteiger partial charge in [0.1, 0.15) is 17.7 Å². The molecule has 0 radical (unpaired) electrons. The van der Waals surface area contributed by atoms with Crippen LogP contribution in [-0.4, -0.2) is 42.5 Å². The van der Waals surface area contributed by atoms with Gasteiger partial charge in [-0.05, 0) is 37.0 Å². The van der Waals surface area contributed by atoms with E-state index in [1.54, 1.807) is 0 Å². The van der Waals surface area contributed by atoms with Crippen LogP contribution in [0.1, 0.15) is 24.0 Å². The number of nitrogens with one attached hydrogen (secondary N) is 1. The molecule has 24 heavy (non-hydrogen) atoms. The average molecular weight is 339 g/mol. The molecular weight excluding hydrogens is 321 g/mol. The molecule has 0 bridgehead atoms. The topological polar surface area (TPSA) is 94.1 Å². The predicted octanol–water partition coefficient (Wildman–Crippen LogP) is 0.983. The highest BCUT2D eigenvalue weighted by molar-refractivity contribution is 5.82. The lowest BCUT2D eigenvalue weighted by molar-refractivity contribution is -0.151. The summed E-state index contributed by atoms with van der Waals surface area (Å²) < 4.78 is 29.4. The minimum Gasteiger partial charge on any atom is -0.479 e. The van der Waals surface area contributed by atoms with Crippen molar-refractivity contribution in [3.8, 4) is 5.75 Å². The monoisotopic (exact) mass is 339 g/mol.